The zero-order valence-corrected chi connectivity index (χ0v) is 16.3. The highest BCUT2D eigenvalue weighted by molar-refractivity contribution is 5.76. The first kappa shape index (κ1) is 19.9. The van der Waals surface area contributed by atoms with Gasteiger partial charge in [0.1, 0.15) is 0 Å². The Balaban J connectivity index is 1.33. The van der Waals surface area contributed by atoms with E-state index in [9.17, 15) is 4.79 Å². The van der Waals surface area contributed by atoms with Crippen LogP contribution in [0.5, 0.6) is 11.5 Å². The SMILES string of the molecule is COc1ccc(CCNC(=O)CCN2CCC3(CC2)OCCO3)cc1OC. The van der Waals surface area contributed by atoms with E-state index in [1.807, 2.05) is 18.2 Å². The van der Waals surface area contributed by atoms with Crippen LogP contribution in [0.4, 0.5) is 0 Å². The maximum atomic E-state index is 12.1. The van der Waals surface area contributed by atoms with Gasteiger partial charge < -0.3 is 29.2 Å². The summed E-state index contributed by atoms with van der Waals surface area (Å²) in [6.45, 7) is 4.61. The number of likely N-dealkylation sites (tertiary alicyclic amines) is 1. The zero-order chi connectivity index (χ0) is 19.1. The lowest BCUT2D eigenvalue weighted by Crippen LogP contribution is -2.46. The molecule has 0 aliphatic carbocycles. The van der Waals surface area contributed by atoms with Crippen molar-refractivity contribution < 1.29 is 23.7 Å². The number of hydrogen-bond donors (Lipinski definition) is 1. The molecule has 7 nitrogen and oxygen atoms in total. The maximum absolute atomic E-state index is 12.1. The van der Waals surface area contributed by atoms with E-state index in [1.165, 1.54) is 0 Å². The van der Waals surface area contributed by atoms with E-state index in [0.29, 0.717) is 37.7 Å². The van der Waals surface area contributed by atoms with E-state index in [-0.39, 0.29) is 11.7 Å². The van der Waals surface area contributed by atoms with Crippen LogP contribution >= 0.6 is 0 Å². The lowest BCUT2D eigenvalue weighted by atomic mass is 10.0. The number of piperidine rings is 1. The van der Waals surface area contributed by atoms with Gasteiger partial charge in [0.05, 0.1) is 27.4 Å². The summed E-state index contributed by atoms with van der Waals surface area (Å²) < 4.78 is 22.0. The highest BCUT2D eigenvalue weighted by Gasteiger charge is 2.39. The van der Waals surface area contributed by atoms with Gasteiger partial charge in [0, 0.05) is 45.4 Å². The Labute approximate surface area is 160 Å². The second-order valence-electron chi connectivity index (χ2n) is 6.99. The molecule has 2 aliphatic heterocycles. The normalized spacial score (nSPS) is 19.2. The quantitative estimate of drug-likeness (QED) is 0.741. The number of carbonyl (C=O) groups excluding carboxylic acids is 1. The third-order valence-electron chi connectivity index (χ3n) is 5.27. The molecule has 0 unspecified atom stereocenters. The van der Waals surface area contributed by atoms with E-state index in [4.69, 9.17) is 18.9 Å². The second-order valence-corrected chi connectivity index (χ2v) is 6.99. The van der Waals surface area contributed by atoms with Gasteiger partial charge in [-0.25, -0.2) is 0 Å². The third-order valence-corrected chi connectivity index (χ3v) is 5.27. The maximum Gasteiger partial charge on any atom is 0.221 e. The molecule has 3 rings (SSSR count). The highest BCUT2D eigenvalue weighted by atomic mass is 16.7. The fourth-order valence-electron chi connectivity index (χ4n) is 3.63. The summed E-state index contributed by atoms with van der Waals surface area (Å²) in [4.78, 5) is 14.4. The molecule has 0 bridgehead atoms. The molecule has 2 aliphatic rings. The van der Waals surface area contributed by atoms with Crippen molar-refractivity contribution in [2.75, 3.05) is 53.6 Å². The molecule has 0 atom stereocenters. The van der Waals surface area contributed by atoms with Gasteiger partial charge >= 0.3 is 0 Å². The molecular weight excluding hydrogens is 348 g/mol. The Kier molecular flexibility index (Phi) is 6.93. The first-order chi connectivity index (χ1) is 13.1. The number of benzene rings is 1. The molecule has 2 heterocycles. The van der Waals surface area contributed by atoms with Crippen LogP contribution in [-0.2, 0) is 20.7 Å². The molecule has 1 aromatic rings. The number of methoxy groups -OCH3 is 2. The van der Waals surface area contributed by atoms with Crippen LogP contribution in [0.3, 0.4) is 0 Å². The first-order valence-electron chi connectivity index (χ1n) is 9.62. The predicted molar refractivity (Wildman–Crippen MR) is 101 cm³/mol. The van der Waals surface area contributed by atoms with Crippen LogP contribution in [0.1, 0.15) is 24.8 Å². The van der Waals surface area contributed by atoms with E-state index in [1.54, 1.807) is 14.2 Å². The summed E-state index contributed by atoms with van der Waals surface area (Å²) in [6.07, 6.45) is 3.04. The van der Waals surface area contributed by atoms with Crippen LogP contribution in [0, 0.1) is 0 Å². The van der Waals surface area contributed by atoms with Crippen molar-refractivity contribution in [1.82, 2.24) is 10.2 Å². The Morgan fingerprint density at radius 3 is 2.52 bits per heavy atom. The van der Waals surface area contributed by atoms with Gasteiger partial charge in [-0.1, -0.05) is 6.07 Å². The van der Waals surface area contributed by atoms with Crippen LogP contribution in [0.2, 0.25) is 0 Å². The second kappa shape index (κ2) is 9.39. The zero-order valence-electron chi connectivity index (χ0n) is 16.3. The number of carbonyl (C=O) groups is 1. The summed E-state index contributed by atoms with van der Waals surface area (Å²) in [6, 6.07) is 5.82. The van der Waals surface area contributed by atoms with Gasteiger partial charge in [0.2, 0.25) is 5.91 Å². The predicted octanol–water partition coefficient (Wildman–Crippen LogP) is 1.59. The van der Waals surface area contributed by atoms with E-state index >= 15 is 0 Å². The molecule has 0 saturated carbocycles. The smallest absolute Gasteiger partial charge is 0.221 e. The number of rotatable bonds is 8. The number of ether oxygens (including phenoxy) is 4. The van der Waals surface area contributed by atoms with Crippen molar-refractivity contribution in [3.63, 3.8) is 0 Å². The lowest BCUT2D eigenvalue weighted by Gasteiger charge is -2.37. The molecular formula is C20H30N2O5. The number of nitrogens with zero attached hydrogens (tertiary/aromatic N) is 1. The number of nitrogens with one attached hydrogen (secondary N) is 1. The van der Waals surface area contributed by atoms with Crippen molar-refractivity contribution in [3.05, 3.63) is 23.8 Å². The van der Waals surface area contributed by atoms with Crippen LogP contribution < -0.4 is 14.8 Å². The molecule has 1 spiro atoms. The Bertz CT molecular complexity index is 621. The van der Waals surface area contributed by atoms with Crippen LogP contribution in [0.25, 0.3) is 0 Å². The fraction of sp³-hybridized carbons (Fsp3) is 0.650. The largest absolute Gasteiger partial charge is 0.493 e. The summed E-state index contributed by atoms with van der Waals surface area (Å²) in [5.41, 5.74) is 1.10. The molecule has 2 saturated heterocycles. The topological polar surface area (TPSA) is 69.3 Å². The minimum Gasteiger partial charge on any atom is -0.493 e. The van der Waals surface area contributed by atoms with Gasteiger partial charge in [-0.3, -0.25) is 4.79 Å². The highest BCUT2D eigenvalue weighted by Crippen LogP contribution is 2.31. The van der Waals surface area contributed by atoms with E-state index in [2.05, 4.69) is 10.2 Å². The van der Waals surface area contributed by atoms with Crippen molar-refractivity contribution in [2.45, 2.75) is 31.5 Å². The van der Waals surface area contributed by atoms with Gasteiger partial charge in [-0.05, 0) is 24.1 Å². The van der Waals surface area contributed by atoms with Gasteiger partial charge in [0.15, 0.2) is 17.3 Å². The molecule has 7 heteroatoms. The Morgan fingerprint density at radius 1 is 1.15 bits per heavy atom. The molecule has 1 aromatic carbocycles. The summed E-state index contributed by atoms with van der Waals surface area (Å²) in [7, 11) is 3.24. The van der Waals surface area contributed by atoms with Crippen molar-refractivity contribution in [1.29, 1.82) is 0 Å². The van der Waals surface area contributed by atoms with Crippen molar-refractivity contribution in [2.24, 2.45) is 0 Å². The number of amides is 1. The van der Waals surface area contributed by atoms with E-state index in [0.717, 1.165) is 44.5 Å². The minimum atomic E-state index is -0.349. The minimum absolute atomic E-state index is 0.0872. The lowest BCUT2D eigenvalue weighted by molar-refractivity contribution is -0.185. The fourth-order valence-corrected chi connectivity index (χ4v) is 3.63. The van der Waals surface area contributed by atoms with Crippen LogP contribution in [0.15, 0.2) is 18.2 Å². The van der Waals surface area contributed by atoms with Crippen LogP contribution in [-0.4, -0.2) is 70.2 Å². The molecule has 1 amide bonds. The van der Waals surface area contributed by atoms with Crippen molar-refractivity contribution in [3.8, 4) is 11.5 Å². The molecule has 150 valence electrons. The average molecular weight is 378 g/mol. The number of hydrogen-bond acceptors (Lipinski definition) is 6. The van der Waals surface area contributed by atoms with Crippen molar-refractivity contribution >= 4 is 5.91 Å². The van der Waals surface area contributed by atoms with Gasteiger partial charge in [-0.2, -0.15) is 0 Å². The van der Waals surface area contributed by atoms with Gasteiger partial charge in [-0.15, -0.1) is 0 Å². The Morgan fingerprint density at radius 2 is 1.85 bits per heavy atom. The Hall–Kier alpha value is -1.83. The molecule has 0 aromatic heterocycles. The monoisotopic (exact) mass is 378 g/mol. The molecule has 0 radical (unpaired) electrons. The molecule has 2 fully saturated rings. The average Bonchev–Trinajstić information content (AvgIpc) is 3.15. The standard InChI is InChI=1S/C20H30N2O5/c1-24-17-4-3-16(15-18(17)25-2)5-9-21-19(23)6-10-22-11-7-20(8-12-22)26-13-14-27-20/h3-4,15H,5-14H2,1-2H3,(H,21,23). The van der Waals surface area contributed by atoms with Gasteiger partial charge in [0.25, 0.3) is 0 Å². The first-order valence-corrected chi connectivity index (χ1v) is 9.62. The third kappa shape index (κ3) is 5.34. The summed E-state index contributed by atoms with van der Waals surface area (Å²) in [5, 5.41) is 3.00. The molecule has 1 N–H and O–H groups in total. The van der Waals surface area contributed by atoms with E-state index < -0.39 is 0 Å². The summed E-state index contributed by atoms with van der Waals surface area (Å²) >= 11 is 0. The molecule has 27 heavy (non-hydrogen) atoms. The summed E-state index contributed by atoms with van der Waals surface area (Å²) in [5.74, 6) is 1.16.